The third-order valence-corrected chi connectivity index (χ3v) is 1.75. The number of hydrogen-bond acceptors (Lipinski definition) is 3. The Hall–Kier alpha value is -1.57. The molecular formula is C10H17N3O2. The fourth-order valence-electron chi connectivity index (χ4n) is 1.10. The molecule has 0 aliphatic carbocycles. The number of rotatable bonds is 5. The van der Waals surface area contributed by atoms with E-state index in [9.17, 15) is 9.59 Å². The van der Waals surface area contributed by atoms with Crippen LogP contribution in [-0.4, -0.2) is 35.8 Å². The normalized spacial score (nSPS) is 9.53. The van der Waals surface area contributed by atoms with E-state index in [1.165, 1.54) is 4.90 Å². The Bertz CT molecular complexity index is 268. The maximum absolute atomic E-state index is 11.3. The minimum atomic E-state index is -0.307. The molecule has 0 radical (unpaired) electrons. The van der Waals surface area contributed by atoms with Crippen LogP contribution in [0.25, 0.3) is 0 Å². The molecule has 15 heavy (non-hydrogen) atoms. The van der Waals surface area contributed by atoms with Crippen LogP contribution in [0.1, 0.15) is 27.2 Å². The van der Waals surface area contributed by atoms with Crippen LogP contribution in [0, 0.1) is 11.3 Å². The van der Waals surface area contributed by atoms with Crippen LogP contribution in [0.15, 0.2) is 0 Å². The van der Waals surface area contributed by atoms with E-state index < -0.39 is 0 Å². The SMILES string of the molecule is CCN(CC(=O)NC(C)C)C(=O)CC#N. The second kappa shape index (κ2) is 6.82. The van der Waals surface area contributed by atoms with Gasteiger partial charge in [-0.1, -0.05) is 0 Å². The lowest BCUT2D eigenvalue weighted by Crippen LogP contribution is -2.42. The standard InChI is InChI=1S/C10H17N3O2/c1-4-13(10(15)5-6-11)7-9(14)12-8(2)3/h8H,4-5,7H2,1-3H3,(H,12,14). The Morgan fingerprint density at radius 3 is 2.47 bits per heavy atom. The molecule has 0 fully saturated rings. The molecule has 0 aromatic carbocycles. The second-order valence-electron chi connectivity index (χ2n) is 3.47. The third-order valence-electron chi connectivity index (χ3n) is 1.75. The summed E-state index contributed by atoms with van der Waals surface area (Å²) in [5, 5.41) is 11.1. The number of carbonyl (C=O) groups is 2. The molecule has 84 valence electrons. The molecule has 0 saturated carbocycles. The van der Waals surface area contributed by atoms with Crippen LogP contribution in [0.2, 0.25) is 0 Å². The Labute approximate surface area is 90.0 Å². The molecule has 0 unspecified atom stereocenters. The first-order valence-corrected chi connectivity index (χ1v) is 4.95. The van der Waals surface area contributed by atoms with E-state index in [-0.39, 0.29) is 30.8 Å². The van der Waals surface area contributed by atoms with Crippen molar-refractivity contribution in [1.29, 1.82) is 5.26 Å². The van der Waals surface area contributed by atoms with Crippen molar-refractivity contribution >= 4 is 11.8 Å². The van der Waals surface area contributed by atoms with Gasteiger partial charge in [0.25, 0.3) is 0 Å². The van der Waals surface area contributed by atoms with Gasteiger partial charge in [-0.2, -0.15) is 5.26 Å². The van der Waals surface area contributed by atoms with Crippen LogP contribution in [-0.2, 0) is 9.59 Å². The molecule has 0 heterocycles. The largest absolute Gasteiger partial charge is 0.352 e. The fourth-order valence-corrected chi connectivity index (χ4v) is 1.10. The van der Waals surface area contributed by atoms with E-state index in [0.717, 1.165) is 0 Å². The summed E-state index contributed by atoms with van der Waals surface area (Å²) < 4.78 is 0. The van der Waals surface area contributed by atoms with E-state index >= 15 is 0 Å². The summed E-state index contributed by atoms with van der Waals surface area (Å²) in [6.07, 6.45) is -0.178. The lowest BCUT2D eigenvalue weighted by molar-refractivity contribution is -0.135. The molecular weight excluding hydrogens is 194 g/mol. The smallest absolute Gasteiger partial charge is 0.239 e. The second-order valence-corrected chi connectivity index (χ2v) is 3.47. The highest BCUT2D eigenvalue weighted by molar-refractivity contribution is 5.85. The highest BCUT2D eigenvalue weighted by Gasteiger charge is 2.15. The number of nitriles is 1. The van der Waals surface area contributed by atoms with E-state index in [0.29, 0.717) is 6.54 Å². The van der Waals surface area contributed by atoms with Crippen molar-refractivity contribution in [2.75, 3.05) is 13.1 Å². The number of carbonyl (C=O) groups excluding carboxylic acids is 2. The molecule has 0 bridgehead atoms. The maximum atomic E-state index is 11.3. The van der Waals surface area contributed by atoms with Crippen molar-refractivity contribution in [2.45, 2.75) is 33.2 Å². The zero-order valence-corrected chi connectivity index (χ0v) is 9.41. The summed E-state index contributed by atoms with van der Waals surface area (Å²) in [6, 6.07) is 1.83. The quantitative estimate of drug-likeness (QED) is 0.709. The van der Waals surface area contributed by atoms with E-state index in [4.69, 9.17) is 5.26 Å². The first kappa shape index (κ1) is 13.4. The van der Waals surface area contributed by atoms with Crippen molar-refractivity contribution < 1.29 is 9.59 Å². The lowest BCUT2D eigenvalue weighted by atomic mass is 10.3. The van der Waals surface area contributed by atoms with Gasteiger partial charge in [-0.15, -0.1) is 0 Å². The van der Waals surface area contributed by atoms with Gasteiger partial charge in [-0.25, -0.2) is 0 Å². The third kappa shape index (κ3) is 5.68. The van der Waals surface area contributed by atoms with Gasteiger partial charge in [-0.05, 0) is 20.8 Å². The predicted molar refractivity (Wildman–Crippen MR) is 55.8 cm³/mol. The van der Waals surface area contributed by atoms with E-state index in [1.807, 2.05) is 13.8 Å². The number of nitrogens with one attached hydrogen (secondary N) is 1. The summed E-state index contributed by atoms with van der Waals surface area (Å²) >= 11 is 0. The van der Waals surface area contributed by atoms with Crippen molar-refractivity contribution in [3.05, 3.63) is 0 Å². The van der Waals surface area contributed by atoms with Crippen molar-refractivity contribution in [1.82, 2.24) is 10.2 Å². The average molecular weight is 211 g/mol. The van der Waals surface area contributed by atoms with Gasteiger partial charge < -0.3 is 10.2 Å². The van der Waals surface area contributed by atoms with Crippen molar-refractivity contribution in [3.63, 3.8) is 0 Å². The first-order chi connectivity index (χ1) is 7.01. The molecule has 0 rings (SSSR count). The van der Waals surface area contributed by atoms with Gasteiger partial charge in [-0.3, -0.25) is 9.59 Å². The summed E-state index contributed by atoms with van der Waals surface area (Å²) in [6.45, 7) is 5.94. The summed E-state index contributed by atoms with van der Waals surface area (Å²) in [5.74, 6) is -0.503. The molecule has 0 aliphatic rings. The minimum absolute atomic E-state index is 0.0230. The average Bonchev–Trinajstić information content (AvgIpc) is 2.13. The number of nitrogens with zero attached hydrogens (tertiary/aromatic N) is 2. The van der Waals surface area contributed by atoms with Crippen molar-refractivity contribution in [2.24, 2.45) is 0 Å². The van der Waals surface area contributed by atoms with Gasteiger partial charge in [0, 0.05) is 12.6 Å². The monoisotopic (exact) mass is 211 g/mol. The Balaban J connectivity index is 4.16. The van der Waals surface area contributed by atoms with Crippen LogP contribution in [0.5, 0.6) is 0 Å². The zero-order chi connectivity index (χ0) is 11.8. The molecule has 0 aromatic rings. The number of amides is 2. The fraction of sp³-hybridized carbons (Fsp3) is 0.700. The molecule has 5 heteroatoms. The van der Waals surface area contributed by atoms with Crippen molar-refractivity contribution in [3.8, 4) is 6.07 Å². The Kier molecular flexibility index (Phi) is 6.11. The Morgan fingerprint density at radius 2 is 2.07 bits per heavy atom. The van der Waals surface area contributed by atoms with Gasteiger partial charge in [0.05, 0.1) is 12.6 Å². The highest BCUT2D eigenvalue weighted by Crippen LogP contribution is 1.93. The first-order valence-electron chi connectivity index (χ1n) is 4.95. The molecule has 5 nitrogen and oxygen atoms in total. The summed E-state index contributed by atoms with van der Waals surface area (Å²) in [5.41, 5.74) is 0. The lowest BCUT2D eigenvalue weighted by Gasteiger charge is -2.19. The molecule has 0 saturated heterocycles. The van der Waals surface area contributed by atoms with Crippen LogP contribution < -0.4 is 5.32 Å². The van der Waals surface area contributed by atoms with Crippen LogP contribution in [0.3, 0.4) is 0 Å². The summed E-state index contributed by atoms with van der Waals surface area (Å²) in [7, 11) is 0. The number of hydrogen-bond donors (Lipinski definition) is 1. The molecule has 0 atom stereocenters. The van der Waals surface area contributed by atoms with Crippen LogP contribution >= 0.6 is 0 Å². The van der Waals surface area contributed by atoms with Crippen LogP contribution in [0.4, 0.5) is 0 Å². The van der Waals surface area contributed by atoms with E-state index in [2.05, 4.69) is 5.32 Å². The zero-order valence-electron chi connectivity index (χ0n) is 9.41. The molecule has 0 spiro atoms. The van der Waals surface area contributed by atoms with Gasteiger partial charge in [0.1, 0.15) is 6.42 Å². The minimum Gasteiger partial charge on any atom is -0.352 e. The Morgan fingerprint density at radius 1 is 1.47 bits per heavy atom. The summed E-state index contributed by atoms with van der Waals surface area (Å²) in [4.78, 5) is 24.0. The van der Waals surface area contributed by atoms with Gasteiger partial charge in [0.2, 0.25) is 11.8 Å². The molecule has 2 amide bonds. The highest BCUT2D eigenvalue weighted by atomic mass is 16.2. The van der Waals surface area contributed by atoms with Gasteiger partial charge in [0.15, 0.2) is 0 Å². The maximum Gasteiger partial charge on any atom is 0.239 e. The molecule has 0 aliphatic heterocycles. The topological polar surface area (TPSA) is 73.2 Å². The number of likely N-dealkylation sites (N-methyl/N-ethyl adjacent to an activating group) is 1. The molecule has 1 N–H and O–H groups in total. The van der Waals surface area contributed by atoms with E-state index in [1.54, 1.807) is 13.0 Å². The molecule has 0 aromatic heterocycles. The van der Waals surface area contributed by atoms with Gasteiger partial charge >= 0.3 is 0 Å². The predicted octanol–water partition coefficient (Wildman–Crippen LogP) is 0.273.